The normalized spacial score (nSPS) is 22.7. The monoisotopic (exact) mass is 493 g/mol. The van der Waals surface area contributed by atoms with Crippen LogP contribution in [0.5, 0.6) is 0 Å². The van der Waals surface area contributed by atoms with Crippen molar-refractivity contribution in [2.75, 3.05) is 39.8 Å². The van der Waals surface area contributed by atoms with Crippen LogP contribution in [0.3, 0.4) is 0 Å². The van der Waals surface area contributed by atoms with Gasteiger partial charge in [-0.1, -0.05) is 20.3 Å². The number of amides is 1. The van der Waals surface area contributed by atoms with E-state index in [1.165, 1.54) is 25.7 Å². The fourth-order valence-corrected chi connectivity index (χ4v) is 4.49. The highest BCUT2D eigenvalue weighted by molar-refractivity contribution is 14.0. The quantitative estimate of drug-likeness (QED) is 0.200. The number of hydrogen-bond acceptors (Lipinski definition) is 3. The van der Waals surface area contributed by atoms with Gasteiger partial charge in [0.25, 0.3) is 0 Å². The van der Waals surface area contributed by atoms with Crippen LogP contribution in [0.1, 0.15) is 58.8 Å². The van der Waals surface area contributed by atoms with Crippen molar-refractivity contribution in [3.8, 4) is 0 Å². The minimum Gasteiger partial charge on any atom is -0.369 e. The molecule has 0 radical (unpaired) electrons. The van der Waals surface area contributed by atoms with Crippen molar-refractivity contribution in [2.24, 2.45) is 28.0 Å². The third-order valence-electron chi connectivity index (χ3n) is 5.96. The zero-order chi connectivity index (χ0) is 19.0. The number of primary amides is 1. The summed E-state index contributed by atoms with van der Waals surface area (Å²) in [7, 11) is 1.84. The van der Waals surface area contributed by atoms with Crippen LogP contribution in [0, 0.1) is 17.3 Å². The van der Waals surface area contributed by atoms with E-state index in [-0.39, 0.29) is 35.8 Å². The van der Waals surface area contributed by atoms with Crippen molar-refractivity contribution in [3.05, 3.63) is 0 Å². The molecule has 2 rings (SSSR count). The van der Waals surface area contributed by atoms with Gasteiger partial charge in [0.2, 0.25) is 5.91 Å². The van der Waals surface area contributed by atoms with Crippen molar-refractivity contribution in [1.82, 2.24) is 15.5 Å². The maximum atomic E-state index is 11.4. The van der Waals surface area contributed by atoms with E-state index in [2.05, 4.69) is 34.4 Å². The number of likely N-dealkylation sites (tertiary alicyclic amines) is 1. The Morgan fingerprint density at radius 2 is 2.04 bits per heavy atom. The third-order valence-corrected chi connectivity index (χ3v) is 5.96. The van der Waals surface area contributed by atoms with Gasteiger partial charge in [-0.3, -0.25) is 9.79 Å². The first kappa shape index (κ1) is 24.5. The number of nitrogens with two attached hydrogens (primary N) is 1. The minimum atomic E-state index is -0.149. The molecule has 158 valence electrons. The van der Waals surface area contributed by atoms with E-state index in [1.54, 1.807) is 0 Å². The van der Waals surface area contributed by atoms with E-state index in [9.17, 15) is 4.79 Å². The maximum Gasteiger partial charge on any atom is 0.221 e. The molecule has 1 amide bonds. The summed E-state index contributed by atoms with van der Waals surface area (Å²) in [6.45, 7) is 9.46. The summed E-state index contributed by atoms with van der Waals surface area (Å²) in [6, 6.07) is 0. The van der Waals surface area contributed by atoms with Crippen molar-refractivity contribution in [1.29, 1.82) is 0 Å². The van der Waals surface area contributed by atoms with E-state index in [4.69, 9.17) is 5.73 Å². The topological polar surface area (TPSA) is 82.8 Å². The van der Waals surface area contributed by atoms with Crippen LogP contribution in [0.25, 0.3) is 0 Å². The number of halogens is 1. The Morgan fingerprint density at radius 1 is 1.30 bits per heavy atom. The number of hydrogen-bond donors (Lipinski definition) is 3. The molecule has 1 atom stereocenters. The SMILES string of the molecule is CN=C(NCCCN1CCCC(C(N)=O)C1)NCC1(CC(C)C)CCC1.I. The van der Waals surface area contributed by atoms with Gasteiger partial charge in [-0.25, -0.2) is 0 Å². The largest absolute Gasteiger partial charge is 0.369 e. The molecule has 0 spiro atoms. The number of carbonyl (C=O) groups is 1. The molecule has 1 saturated carbocycles. The lowest BCUT2D eigenvalue weighted by atomic mass is 9.64. The molecule has 27 heavy (non-hydrogen) atoms. The average Bonchev–Trinajstić information content (AvgIpc) is 2.58. The van der Waals surface area contributed by atoms with E-state index >= 15 is 0 Å². The Hall–Kier alpha value is -0.570. The Kier molecular flexibility index (Phi) is 11.0. The standard InChI is InChI=1S/C20H39N5O.HI/c1-16(2)13-20(8-5-9-20)15-24-19(22-3)23-10-6-12-25-11-4-7-17(14-25)18(21)26;/h16-17H,4-15H2,1-3H3,(H2,21,26)(H2,22,23,24);1H. The highest BCUT2D eigenvalue weighted by Gasteiger charge is 2.37. The number of nitrogens with zero attached hydrogens (tertiary/aromatic N) is 2. The maximum absolute atomic E-state index is 11.4. The molecule has 2 fully saturated rings. The predicted octanol–water partition coefficient (Wildman–Crippen LogP) is 2.57. The van der Waals surface area contributed by atoms with Gasteiger partial charge < -0.3 is 21.3 Å². The molecule has 4 N–H and O–H groups in total. The van der Waals surface area contributed by atoms with Gasteiger partial charge in [-0.15, -0.1) is 24.0 Å². The summed E-state index contributed by atoms with van der Waals surface area (Å²) in [5.74, 6) is 1.55. The van der Waals surface area contributed by atoms with Crippen LogP contribution < -0.4 is 16.4 Å². The lowest BCUT2D eigenvalue weighted by molar-refractivity contribution is -0.123. The highest BCUT2D eigenvalue weighted by atomic mass is 127. The smallest absolute Gasteiger partial charge is 0.221 e. The Labute approximate surface area is 182 Å². The fraction of sp³-hybridized carbons (Fsp3) is 0.900. The summed E-state index contributed by atoms with van der Waals surface area (Å²) in [5.41, 5.74) is 5.93. The molecule has 7 heteroatoms. The summed E-state index contributed by atoms with van der Waals surface area (Å²) in [5, 5.41) is 6.98. The second-order valence-corrected chi connectivity index (χ2v) is 8.70. The summed E-state index contributed by atoms with van der Waals surface area (Å²) < 4.78 is 0. The van der Waals surface area contributed by atoms with Gasteiger partial charge in [0.1, 0.15) is 0 Å². The first-order valence-corrected chi connectivity index (χ1v) is 10.4. The van der Waals surface area contributed by atoms with Gasteiger partial charge in [0, 0.05) is 26.7 Å². The third kappa shape index (κ3) is 8.13. The Morgan fingerprint density at radius 3 is 2.59 bits per heavy atom. The van der Waals surface area contributed by atoms with Crippen molar-refractivity contribution in [2.45, 2.75) is 58.8 Å². The average molecular weight is 493 g/mol. The summed E-state index contributed by atoms with van der Waals surface area (Å²) >= 11 is 0. The van der Waals surface area contributed by atoms with Crippen molar-refractivity contribution >= 4 is 35.8 Å². The molecule has 1 saturated heterocycles. The van der Waals surface area contributed by atoms with Crippen molar-refractivity contribution < 1.29 is 4.79 Å². The number of guanidine groups is 1. The Bertz CT molecular complexity index is 479. The van der Waals surface area contributed by atoms with Crippen LogP contribution in [-0.4, -0.2) is 56.5 Å². The van der Waals surface area contributed by atoms with Crippen LogP contribution in [-0.2, 0) is 4.79 Å². The van der Waals surface area contributed by atoms with E-state index < -0.39 is 0 Å². The van der Waals surface area contributed by atoms with Crippen LogP contribution >= 0.6 is 24.0 Å². The van der Waals surface area contributed by atoms with E-state index in [0.29, 0.717) is 5.41 Å². The second kappa shape index (κ2) is 12.1. The molecule has 2 aliphatic rings. The van der Waals surface area contributed by atoms with Crippen LogP contribution in [0.2, 0.25) is 0 Å². The number of rotatable bonds is 9. The first-order valence-electron chi connectivity index (χ1n) is 10.4. The number of carbonyl (C=O) groups excluding carboxylic acids is 1. The second-order valence-electron chi connectivity index (χ2n) is 8.70. The highest BCUT2D eigenvalue weighted by Crippen LogP contribution is 2.45. The van der Waals surface area contributed by atoms with Gasteiger partial charge in [0.05, 0.1) is 5.92 Å². The van der Waals surface area contributed by atoms with Gasteiger partial charge in [-0.2, -0.15) is 0 Å². The lowest BCUT2D eigenvalue weighted by Crippen LogP contribution is -2.47. The fourth-order valence-electron chi connectivity index (χ4n) is 4.49. The molecular formula is C20H40IN5O. The van der Waals surface area contributed by atoms with E-state index in [0.717, 1.165) is 63.9 Å². The minimum absolute atomic E-state index is 0. The lowest BCUT2D eigenvalue weighted by Gasteiger charge is -2.43. The van der Waals surface area contributed by atoms with Crippen molar-refractivity contribution in [3.63, 3.8) is 0 Å². The summed E-state index contributed by atoms with van der Waals surface area (Å²) in [4.78, 5) is 18.1. The molecule has 0 aromatic rings. The Balaban J connectivity index is 0.00000364. The molecule has 0 aromatic carbocycles. The molecule has 6 nitrogen and oxygen atoms in total. The number of aliphatic imine (C=N–C) groups is 1. The molecule has 1 unspecified atom stereocenters. The van der Waals surface area contributed by atoms with Crippen LogP contribution in [0.4, 0.5) is 0 Å². The summed E-state index contributed by atoms with van der Waals surface area (Å²) in [6.07, 6.45) is 8.40. The molecule has 0 bridgehead atoms. The van der Waals surface area contributed by atoms with Gasteiger partial charge in [0.15, 0.2) is 5.96 Å². The zero-order valence-electron chi connectivity index (χ0n) is 17.4. The van der Waals surface area contributed by atoms with Gasteiger partial charge >= 0.3 is 0 Å². The van der Waals surface area contributed by atoms with E-state index in [1.807, 2.05) is 7.05 Å². The van der Waals surface area contributed by atoms with Crippen LogP contribution in [0.15, 0.2) is 4.99 Å². The predicted molar refractivity (Wildman–Crippen MR) is 123 cm³/mol. The van der Waals surface area contributed by atoms with Gasteiger partial charge in [-0.05, 0) is 62.9 Å². The zero-order valence-corrected chi connectivity index (χ0v) is 19.8. The molecule has 0 aromatic heterocycles. The number of piperidine rings is 1. The molecule has 1 heterocycles. The number of nitrogens with one attached hydrogen (secondary N) is 2. The molecular weight excluding hydrogens is 453 g/mol. The first-order chi connectivity index (χ1) is 12.4. The molecule has 1 aliphatic heterocycles. The molecule has 1 aliphatic carbocycles.